The van der Waals surface area contributed by atoms with Gasteiger partial charge in [0.15, 0.2) is 0 Å². The third-order valence-electron chi connectivity index (χ3n) is 2.68. The van der Waals surface area contributed by atoms with E-state index in [-0.39, 0.29) is 18.4 Å². The van der Waals surface area contributed by atoms with Gasteiger partial charge >= 0.3 is 5.97 Å². The highest BCUT2D eigenvalue weighted by molar-refractivity contribution is 5.92. The Balaban J connectivity index is 2.57. The van der Waals surface area contributed by atoms with Crippen LogP contribution in [-0.2, 0) is 14.3 Å². The summed E-state index contributed by atoms with van der Waals surface area (Å²) >= 11 is 0. The van der Waals surface area contributed by atoms with Crippen molar-refractivity contribution in [2.24, 2.45) is 0 Å². The first kappa shape index (κ1) is 13.7. The van der Waals surface area contributed by atoms with Gasteiger partial charge in [0.25, 0.3) is 0 Å². The molecule has 1 heterocycles. The molecule has 1 rings (SSSR count). The molecule has 1 amide bonds. The summed E-state index contributed by atoms with van der Waals surface area (Å²) in [5.41, 5.74) is 0.712. The Kier molecular flexibility index (Phi) is 5.15. The van der Waals surface area contributed by atoms with Gasteiger partial charge in [-0.2, -0.15) is 0 Å². The highest BCUT2D eigenvalue weighted by atomic mass is 16.5. The maximum Gasteiger partial charge on any atom is 0.306 e. The van der Waals surface area contributed by atoms with Crippen molar-refractivity contribution in [1.82, 2.24) is 4.90 Å². The van der Waals surface area contributed by atoms with Crippen molar-refractivity contribution in [1.29, 1.82) is 0 Å². The Labute approximate surface area is 101 Å². The van der Waals surface area contributed by atoms with Gasteiger partial charge < -0.3 is 14.7 Å². The number of hydrogen-bond acceptors (Lipinski definition) is 3. The Morgan fingerprint density at radius 2 is 2.24 bits per heavy atom. The molecule has 5 nitrogen and oxygen atoms in total. The highest BCUT2D eigenvalue weighted by Gasteiger charge is 2.26. The fourth-order valence-corrected chi connectivity index (χ4v) is 1.86. The minimum absolute atomic E-state index is 0.0226. The lowest BCUT2D eigenvalue weighted by Gasteiger charge is -2.32. The van der Waals surface area contributed by atoms with Gasteiger partial charge in [0.1, 0.15) is 0 Å². The Hall–Kier alpha value is -1.36. The number of allylic oxidation sites excluding steroid dienone is 1. The standard InChI is InChI=1S/C12H19NO4/c1-3-4-9(2)12(16)13-5-6-17-10(8-13)7-11(14)15/h4,10H,3,5-8H2,1-2H3,(H,14,15)/b9-4+/t10-/m0/s1. The molecule has 17 heavy (non-hydrogen) atoms. The van der Waals surface area contributed by atoms with Crippen LogP contribution in [0, 0.1) is 0 Å². The molecule has 0 aromatic rings. The van der Waals surface area contributed by atoms with Crippen LogP contribution in [0.5, 0.6) is 0 Å². The number of nitrogens with zero attached hydrogens (tertiary/aromatic N) is 1. The molecule has 0 aromatic carbocycles. The molecule has 1 aliphatic rings. The van der Waals surface area contributed by atoms with E-state index in [9.17, 15) is 9.59 Å². The number of ether oxygens (including phenoxy) is 1. The number of carbonyl (C=O) groups excluding carboxylic acids is 1. The molecule has 1 saturated heterocycles. The van der Waals surface area contributed by atoms with E-state index in [1.807, 2.05) is 13.0 Å². The molecule has 0 radical (unpaired) electrons. The lowest BCUT2D eigenvalue weighted by Crippen LogP contribution is -2.46. The van der Waals surface area contributed by atoms with Crippen LogP contribution in [0.1, 0.15) is 26.7 Å². The molecule has 0 aliphatic carbocycles. The first-order valence-electron chi connectivity index (χ1n) is 5.84. The Morgan fingerprint density at radius 3 is 2.82 bits per heavy atom. The van der Waals surface area contributed by atoms with Gasteiger partial charge in [-0.05, 0) is 13.3 Å². The number of carbonyl (C=O) groups is 2. The van der Waals surface area contributed by atoms with Crippen molar-refractivity contribution >= 4 is 11.9 Å². The second-order valence-corrected chi connectivity index (χ2v) is 4.14. The van der Waals surface area contributed by atoms with Crippen LogP contribution < -0.4 is 0 Å². The van der Waals surface area contributed by atoms with Crippen LogP contribution in [0.3, 0.4) is 0 Å². The molecule has 5 heteroatoms. The summed E-state index contributed by atoms with van der Waals surface area (Å²) in [6, 6.07) is 0. The number of aliphatic carboxylic acids is 1. The predicted molar refractivity (Wildman–Crippen MR) is 62.6 cm³/mol. The average molecular weight is 241 g/mol. The highest BCUT2D eigenvalue weighted by Crippen LogP contribution is 2.12. The Bertz CT molecular complexity index is 324. The van der Waals surface area contributed by atoms with Crippen molar-refractivity contribution in [3.8, 4) is 0 Å². The lowest BCUT2D eigenvalue weighted by atomic mass is 10.1. The lowest BCUT2D eigenvalue weighted by molar-refractivity contribution is -0.146. The van der Waals surface area contributed by atoms with Gasteiger partial charge in [0, 0.05) is 18.7 Å². The maximum absolute atomic E-state index is 12.0. The van der Waals surface area contributed by atoms with Crippen molar-refractivity contribution in [3.05, 3.63) is 11.6 Å². The summed E-state index contributed by atoms with van der Waals surface area (Å²) in [6.07, 6.45) is 2.25. The zero-order valence-corrected chi connectivity index (χ0v) is 10.3. The van der Waals surface area contributed by atoms with Gasteiger partial charge in [-0.15, -0.1) is 0 Å². The maximum atomic E-state index is 12.0. The van der Waals surface area contributed by atoms with Gasteiger partial charge in [-0.25, -0.2) is 0 Å². The normalized spacial score (nSPS) is 21.4. The van der Waals surface area contributed by atoms with E-state index < -0.39 is 5.97 Å². The Morgan fingerprint density at radius 1 is 1.53 bits per heavy atom. The molecule has 0 aromatic heterocycles. The summed E-state index contributed by atoms with van der Waals surface area (Å²) in [6.45, 7) is 5.06. The summed E-state index contributed by atoms with van der Waals surface area (Å²) in [5.74, 6) is -0.921. The third kappa shape index (κ3) is 4.19. The zero-order valence-electron chi connectivity index (χ0n) is 10.3. The molecule has 1 aliphatic heterocycles. The third-order valence-corrected chi connectivity index (χ3v) is 2.68. The van der Waals surface area contributed by atoms with Crippen LogP contribution in [0.4, 0.5) is 0 Å². The number of amides is 1. The van der Waals surface area contributed by atoms with Crippen molar-refractivity contribution < 1.29 is 19.4 Å². The fourth-order valence-electron chi connectivity index (χ4n) is 1.86. The van der Waals surface area contributed by atoms with Crippen molar-refractivity contribution in [3.63, 3.8) is 0 Å². The minimum Gasteiger partial charge on any atom is -0.481 e. The van der Waals surface area contributed by atoms with Gasteiger partial charge in [0.2, 0.25) is 5.91 Å². The molecule has 0 unspecified atom stereocenters. The monoisotopic (exact) mass is 241 g/mol. The summed E-state index contributed by atoms with van der Waals surface area (Å²) in [5, 5.41) is 8.69. The van der Waals surface area contributed by atoms with E-state index in [0.717, 1.165) is 6.42 Å². The molecule has 96 valence electrons. The predicted octanol–water partition coefficient (Wildman–Crippen LogP) is 1.04. The number of carboxylic acid groups (broad SMARTS) is 1. The van der Waals surface area contributed by atoms with E-state index in [1.165, 1.54) is 0 Å². The fraction of sp³-hybridized carbons (Fsp3) is 0.667. The summed E-state index contributed by atoms with van der Waals surface area (Å²) < 4.78 is 5.31. The first-order valence-corrected chi connectivity index (χ1v) is 5.84. The van der Waals surface area contributed by atoms with Crippen molar-refractivity contribution in [2.75, 3.05) is 19.7 Å². The molecular formula is C12H19NO4. The minimum atomic E-state index is -0.898. The molecule has 1 N–H and O–H groups in total. The number of carboxylic acids is 1. The zero-order chi connectivity index (χ0) is 12.8. The van der Waals surface area contributed by atoms with Crippen LogP contribution in [-0.4, -0.2) is 47.7 Å². The second-order valence-electron chi connectivity index (χ2n) is 4.14. The van der Waals surface area contributed by atoms with Crippen molar-refractivity contribution in [2.45, 2.75) is 32.8 Å². The van der Waals surface area contributed by atoms with Crippen LogP contribution in [0.2, 0.25) is 0 Å². The van der Waals surface area contributed by atoms with Crippen LogP contribution >= 0.6 is 0 Å². The van der Waals surface area contributed by atoms with E-state index in [4.69, 9.17) is 9.84 Å². The van der Waals surface area contributed by atoms with Gasteiger partial charge in [0.05, 0.1) is 19.1 Å². The average Bonchev–Trinajstić information content (AvgIpc) is 2.28. The van der Waals surface area contributed by atoms with Crippen LogP contribution in [0.15, 0.2) is 11.6 Å². The van der Waals surface area contributed by atoms with E-state index in [2.05, 4.69) is 0 Å². The van der Waals surface area contributed by atoms with Gasteiger partial charge in [-0.1, -0.05) is 13.0 Å². The second kappa shape index (κ2) is 6.39. The van der Waals surface area contributed by atoms with E-state index in [0.29, 0.717) is 25.3 Å². The topological polar surface area (TPSA) is 66.8 Å². The number of rotatable bonds is 4. The van der Waals surface area contributed by atoms with Gasteiger partial charge in [-0.3, -0.25) is 9.59 Å². The van der Waals surface area contributed by atoms with Crippen LogP contribution in [0.25, 0.3) is 0 Å². The molecule has 0 saturated carbocycles. The number of hydrogen-bond donors (Lipinski definition) is 1. The summed E-state index contributed by atoms with van der Waals surface area (Å²) in [4.78, 5) is 24.2. The number of morpholine rings is 1. The summed E-state index contributed by atoms with van der Waals surface area (Å²) in [7, 11) is 0. The van der Waals surface area contributed by atoms with E-state index >= 15 is 0 Å². The molecule has 1 fully saturated rings. The quantitative estimate of drug-likeness (QED) is 0.747. The van der Waals surface area contributed by atoms with E-state index in [1.54, 1.807) is 11.8 Å². The molecule has 0 bridgehead atoms. The molecule has 1 atom stereocenters. The molecule has 0 spiro atoms. The smallest absolute Gasteiger partial charge is 0.306 e. The SMILES string of the molecule is CC/C=C(\C)C(=O)N1CCO[C@@H](CC(=O)O)C1. The first-order chi connectivity index (χ1) is 8.04. The largest absolute Gasteiger partial charge is 0.481 e. The molecular weight excluding hydrogens is 222 g/mol.